The van der Waals surface area contributed by atoms with Crippen LogP contribution in [0.25, 0.3) is 11.0 Å². The molecule has 1 atom stereocenters. The zero-order valence-electron chi connectivity index (χ0n) is 11.8. The average Bonchev–Trinajstić information content (AvgIpc) is 3.34. The van der Waals surface area contributed by atoms with Crippen molar-refractivity contribution in [2.24, 2.45) is 0 Å². The summed E-state index contributed by atoms with van der Waals surface area (Å²) in [6, 6.07) is 11.4. The SMILES string of the molecule is O=C(N[C@@H](c1ccsc1)c1cccs1)c1ccc2nsnc2c1. The Morgan fingerprint density at radius 1 is 1.09 bits per heavy atom. The Labute approximate surface area is 144 Å². The summed E-state index contributed by atoms with van der Waals surface area (Å²) in [6.45, 7) is 0. The van der Waals surface area contributed by atoms with Gasteiger partial charge in [0.05, 0.1) is 17.8 Å². The van der Waals surface area contributed by atoms with E-state index in [2.05, 4.69) is 19.4 Å². The lowest BCUT2D eigenvalue weighted by Gasteiger charge is -2.16. The Bertz CT molecular complexity index is 894. The summed E-state index contributed by atoms with van der Waals surface area (Å²) in [5.74, 6) is -0.107. The van der Waals surface area contributed by atoms with Crippen molar-refractivity contribution in [2.75, 3.05) is 0 Å². The van der Waals surface area contributed by atoms with Crippen molar-refractivity contribution in [3.8, 4) is 0 Å². The van der Waals surface area contributed by atoms with Gasteiger partial charge in [0.1, 0.15) is 11.0 Å². The second-order valence-corrected chi connectivity index (χ2v) is 7.23. The minimum Gasteiger partial charge on any atom is -0.340 e. The van der Waals surface area contributed by atoms with Gasteiger partial charge in [-0.05, 0) is 52.0 Å². The number of hydrogen-bond donors (Lipinski definition) is 1. The maximum absolute atomic E-state index is 12.7. The summed E-state index contributed by atoms with van der Waals surface area (Å²) >= 11 is 4.42. The fourth-order valence-electron chi connectivity index (χ4n) is 2.35. The number of carbonyl (C=O) groups excluding carboxylic acids is 1. The molecule has 1 N–H and O–H groups in total. The van der Waals surface area contributed by atoms with Crippen LogP contribution in [0.4, 0.5) is 0 Å². The monoisotopic (exact) mass is 357 g/mol. The van der Waals surface area contributed by atoms with Crippen LogP contribution in [0, 0.1) is 0 Å². The third-order valence-corrected chi connectivity index (χ3v) is 5.69. The Kier molecular flexibility index (Phi) is 3.90. The molecule has 0 fully saturated rings. The lowest BCUT2D eigenvalue weighted by atomic mass is 10.1. The zero-order valence-corrected chi connectivity index (χ0v) is 14.3. The number of benzene rings is 1. The molecule has 4 nitrogen and oxygen atoms in total. The third kappa shape index (κ3) is 2.90. The number of aromatic nitrogens is 2. The molecular weight excluding hydrogens is 346 g/mol. The molecule has 0 radical (unpaired) electrons. The first-order chi connectivity index (χ1) is 11.3. The standard InChI is InChI=1S/C16H11N3OS3/c20-16(10-3-4-12-13(8-10)19-23-18-12)17-15(11-5-7-21-9-11)14-2-1-6-22-14/h1-9,15H,(H,17,20)/t15-/m0/s1. The van der Waals surface area contributed by atoms with Gasteiger partial charge in [-0.1, -0.05) is 6.07 Å². The predicted molar refractivity (Wildman–Crippen MR) is 95.4 cm³/mol. The molecular formula is C16H11N3OS3. The van der Waals surface area contributed by atoms with E-state index < -0.39 is 0 Å². The van der Waals surface area contributed by atoms with Crippen LogP contribution in [-0.2, 0) is 0 Å². The molecule has 4 aromatic rings. The lowest BCUT2D eigenvalue weighted by molar-refractivity contribution is 0.0943. The number of fused-ring (bicyclic) bond motifs is 1. The van der Waals surface area contributed by atoms with Crippen LogP contribution in [0.1, 0.15) is 26.8 Å². The number of nitrogens with zero attached hydrogens (tertiary/aromatic N) is 2. The van der Waals surface area contributed by atoms with Gasteiger partial charge in [-0.15, -0.1) is 11.3 Å². The second-order valence-electron chi connectivity index (χ2n) is 4.95. The van der Waals surface area contributed by atoms with E-state index in [-0.39, 0.29) is 11.9 Å². The minimum absolute atomic E-state index is 0.107. The van der Waals surface area contributed by atoms with Gasteiger partial charge >= 0.3 is 0 Å². The summed E-state index contributed by atoms with van der Waals surface area (Å²) in [4.78, 5) is 13.8. The van der Waals surface area contributed by atoms with Gasteiger partial charge in [-0.3, -0.25) is 4.79 Å². The maximum Gasteiger partial charge on any atom is 0.252 e. The molecule has 3 heterocycles. The number of amides is 1. The van der Waals surface area contributed by atoms with E-state index in [0.717, 1.165) is 33.2 Å². The molecule has 1 aromatic carbocycles. The van der Waals surface area contributed by atoms with Gasteiger partial charge in [0.15, 0.2) is 0 Å². The molecule has 0 aliphatic heterocycles. The zero-order chi connectivity index (χ0) is 15.6. The van der Waals surface area contributed by atoms with Gasteiger partial charge in [0, 0.05) is 10.4 Å². The first kappa shape index (κ1) is 14.5. The summed E-state index contributed by atoms with van der Waals surface area (Å²) in [7, 11) is 0. The molecule has 1 amide bonds. The molecule has 0 aliphatic carbocycles. The Morgan fingerprint density at radius 2 is 2.00 bits per heavy atom. The molecule has 0 bridgehead atoms. The van der Waals surface area contributed by atoms with Crippen molar-refractivity contribution in [3.05, 3.63) is 68.5 Å². The Morgan fingerprint density at radius 3 is 2.78 bits per heavy atom. The lowest BCUT2D eigenvalue weighted by Crippen LogP contribution is -2.28. The van der Waals surface area contributed by atoms with Crippen molar-refractivity contribution in [1.82, 2.24) is 14.1 Å². The normalized spacial score (nSPS) is 12.3. The largest absolute Gasteiger partial charge is 0.340 e. The maximum atomic E-state index is 12.7. The number of rotatable bonds is 4. The van der Waals surface area contributed by atoms with E-state index in [1.54, 1.807) is 34.8 Å². The van der Waals surface area contributed by atoms with Crippen molar-refractivity contribution >= 4 is 51.3 Å². The topological polar surface area (TPSA) is 54.9 Å². The van der Waals surface area contributed by atoms with Crippen molar-refractivity contribution in [1.29, 1.82) is 0 Å². The molecule has 0 saturated heterocycles. The van der Waals surface area contributed by atoms with Gasteiger partial charge < -0.3 is 5.32 Å². The van der Waals surface area contributed by atoms with Gasteiger partial charge in [-0.2, -0.15) is 20.1 Å². The Balaban J connectivity index is 1.64. The second kappa shape index (κ2) is 6.19. The molecule has 23 heavy (non-hydrogen) atoms. The van der Waals surface area contributed by atoms with Gasteiger partial charge in [0.25, 0.3) is 5.91 Å². The highest BCUT2D eigenvalue weighted by atomic mass is 32.1. The smallest absolute Gasteiger partial charge is 0.252 e. The number of carbonyl (C=O) groups is 1. The fraction of sp³-hybridized carbons (Fsp3) is 0.0625. The molecule has 3 aromatic heterocycles. The fourth-order valence-corrected chi connectivity index (χ4v) is 4.36. The van der Waals surface area contributed by atoms with Crippen LogP contribution in [0.3, 0.4) is 0 Å². The van der Waals surface area contributed by atoms with Gasteiger partial charge in [-0.25, -0.2) is 0 Å². The van der Waals surface area contributed by atoms with E-state index in [4.69, 9.17) is 0 Å². The average molecular weight is 357 g/mol. The number of nitrogens with one attached hydrogen (secondary N) is 1. The highest BCUT2D eigenvalue weighted by molar-refractivity contribution is 7.10. The van der Waals surface area contributed by atoms with Crippen LogP contribution in [0.15, 0.2) is 52.5 Å². The van der Waals surface area contributed by atoms with E-state index >= 15 is 0 Å². The quantitative estimate of drug-likeness (QED) is 0.591. The summed E-state index contributed by atoms with van der Waals surface area (Å²) < 4.78 is 8.36. The molecule has 4 rings (SSSR count). The van der Waals surface area contributed by atoms with Crippen LogP contribution in [0.2, 0.25) is 0 Å². The van der Waals surface area contributed by atoms with E-state index in [1.807, 2.05) is 35.0 Å². The first-order valence-electron chi connectivity index (χ1n) is 6.90. The number of thiophene rings is 2. The van der Waals surface area contributed by atoms with Crippen molar-refractivity contribution in [3.63, 3.8) is 0 Å². The number of hydrogen-bond acceptors (Lipinski definition) is 6. The summed E-state index contributed by atoms with van der Waals surface area (Å²) in [5.41, 5.74) is 3.27. The van der Waals surface area contributed by atoms with Crippen LogP contribution in [0.5, 0.6) is 0 Å². The highest BCUT2D eigenvalue weighted by Crippen LogP contribution is 2.28. The van der Waals surface area contributed by atoms with E-state index in [1.165, 1.54) is 0 Å². The summed E-state index contributed by atoms with van der Waals surface area (Å²) in [5, 5.41) is 9.24. The highest BCUT2D eigenvalue weighted by Gasteiger charge is 2.19. The van der Waals surface area contributed by atoms with Gasteiger partial charge in [0.2, 0.25) is 0 Å². The molecule has 114 valence electrons. The molecule has 0 saturated carbocycles. The van der Waals surface area contributed by atoms with Crippen molar-refractivity contribution in [2.45, 2.75) is 6.04 Å². The third-order valence-electron chi connectivity index (χ3n) is 3.50. The molecule has 0 aliphatic rings. The van der Waals surface area contributed by atoms with Crippen LogP contribution >= 0.6 is 34.4 Å². The molecule has 0 spiro atoms. The Hall–Kier alpha value is -2.09. The first-order valence-corrected chi connectivity index (χ1v) is 9.45. The predicted octanol–water partition coefficient (Wildman–Crippen LogP) is 4.33. The summed E-state index contributed by atoms with van der Waals surface area (Å²) in [6.07, 6.45) is 0. The van der Waals surface area contributed by atoms with Crippen molar-refractivity contribution < 1.29 is 4.79 Å². The van der Waals surface area contributed by atoms with E-state index in [9.17, 15) is 4.79 Å². The van der Waals surface area contributed by atoms with Crippen LogP contribution < -0.4 is 5.32 Å². The molecule has 0 unspecified atom stereocenters. The van der Waals surface area contributed by atoms with E-state index in [0.29, 0.717) is 5.56 Å². The van der Waals surface area contributed by atoms with Crippen LogP contribution in [-0.4, -0.2) is 14.7 Å². The minimum atomic E-state index is -0.127. The molecule has 7 heteroatoms.